The molecule has 74 valence electrons. The Balaban J connectivity index is 2.67. The van der Waals surface area contributed by atoms with Crippen LogP contribution in [-0.4, -0.2) is 14.4 Å². The molecule has 1 unspecified atom stereocenters. The number of rotatable bonds is 2. The standard InChI is InChI=1S/C10H14N4/c1-3-8(11)9-7(2)13-10-12-5-4-6-14(9)10/h4-6,8H,3,11H2,1-2H3. The van der Waals surface area contributed by atoms with Crippen LogP contribution in [0, 0.1) is 6.92 Å². The van der Waals surface area contributed by atoms with E-state index in [-0.39, 0.29) is 6.04 Å². The molecule has 4 heteroatoms. The minimum Gasteiger partial charge on any atom is -0.323 e. The van der Waals surface area contributed by atoms with E-state index in [9.17, 15) is 0 Å². The van der Waals surface area contributed by atoms with Crippen LogP contribution in [0.1, 0.15) is 30.8 Å². The van der Waals surface area contributed by atoms with E-state index in [0.717, 1.165) is 23.6 Å². The number of hydrogen-bond acceptors (Lipinski definition) is 3. The fourth-order valence-electron chi connectivity index (χ4n) is 1.66. The lowest BCUT2D eigenvalue weighted by atomic mass is 10.1. The maximum atomic E-state index is 6.02. The fourth-order valence-corrected chi connectivity index (χ4v) is 1.66. The lowest BCUT2D eigenvalue weighted by Crippen LogP contribution is -2.12. The maximum absolute atomic E-state index is 6.02. The smallest absolute Gasteiger partial charge is 0.234 e. The SMILES string of the molecule is CCC(N)c1c(C)nc2ncccn12. The molecule has 2 heterocycles. The maximum Gasteiger partial charge on any atom is 0.234 e. The van der Waals surface area contributed by atoms with Crippen molar-refractivity contribution >= 4 is 5.78 Å². The van der Waals surface area contributed by atoms with Gasteiger partial charge in [-0.1, -0.05) is 6.92 Å². The highest BCUT2D eigenvalue weighted by Gasteiger charge is 2.14. The molecule has 0 amide bonds. The van der Waals surface area contributed by atoms with Crippen molar-refractivity contribution in [3.05, 3.63) is 29.8 Å². The second-order valence-electron chi connectivity index (χ2n) is 3.39. The molecule has 0 saturated heterocycles. The zero-order valence-electron chi connectivity index (χ0n) is 8.44. The van der Waals surface area contributed by atoms with Crippen LogP contribution in [0.5, 0.6) is 0 Å². The van der Waals surface area contributed by atoms with Gasteiger partial charge >= 0.3 is 0 Å². The van der Waals surface area contributed by atoms with E-state index in [1.165, 1.54) is 0 Å². The van der Waals surface area contributed by atoms with Crippen LogP contribution >= 0.6 is 0 Å². The number of hydrogen-bond donors (Lipinski definition) is 1. The molecule has 0 aromatic carbocycles. The summed E-state index contributed by atoms with van der Waals surface area (Å²) in [7, 11) is 0. The third-order valence-electron chi connectivity index (χ3n) is 2.42. The average Bonchev–Trinajstić information content (AvgIpc) is 2.53. The minimum atomic E-state index is 0.0363. The first-order valence-corrected chi connectivity index (χ1v) is 4.79. The molecule has 2 aromatic heterocycles. The Morgan fingerprint density at radius 3 is 3.07 bits per heavy atom. The highest BCUT2D eigenvalue weighted by Crippen LogP contribution is 2.18. The molecule has 0 radical (unpaired) electrons. The highest BCUT2D eigenvalue weighted by atomic mass is 15.1. The van der Waals surface area contributed by atoms with E-state index in [4.69, 9.17) is 5.73 Å². The fraction of sp³-hybridized carbons (Fsp3) is 0.400. The predicted octanol–water partition coefficient (Wildman–Crippen LogP) is 1.45. The van der Waals surface area contributed by atoms with E-state index in [1.54, 1.807) is 6.20 Å². The Hall–Kier alpha value is -1.42. The first-order valence-electron chi connectivity index (χ1n) is 4.79. The van der Waals surface area contributed by atoms with Gasteiger partial charge < -0.3 is 5.73 Å². The molecule has 0 fully saturated rings. The number of fused-ring (bicyclic) bond motifs is 1. The first-order chi connectivity index (χ1) is 6.74. The quantitative estimate of drug-likeness (QED) is 0.779. The second-order valence-corrected chi connectivity index (χ2v) is 3.39. The molecule has 0 bridgehead atoms. The summed E-state index contributed by atoms with van der Waals surface area (Å²) in [6.07, 6.45) is 4.60. The van der Waals surface area contributed by atoms with Gasteiger partial charge in [-0.3, -0.25) is 4.40 Å². The van der Waals surface area contributed by atoms with Crippen molar-refractivity contribution in [1.82, 2.24) is 14.4 Å². The molecule has 0 saturated carbocycles. The number of imidazole rings is 1. The number of nitrogens with two attached hydrogens (primary N) is 1. The van der Waals surface area contributed by atoms with E-state index >= 15 is 0 Å². The van der Waals surface area contributed by atoms with Crippen LogP contribution in [0.2, 0.25) is 0 Å². The Kier molecular flexibility index (Phi) is 2.21. The Morgan fingerprint density at radius 2 is 2.36 bits per heavy atom. The molecular formula is C10H14N4. The number of aromatic nitrogens is 3. The minimum absolute atomic E-state index is 0.0363. The lowest BCUT2D eigenvalue weighted by Gasteiger charge is -2.08. The van der Waals surface area contributed by atoms with E-state index < -0.39 is 0 Å². The summed E-state index contributed by atoms with van der Waals surface area (Å²) in [6, 6.07) is 1.93. The summed E-state index contributed by atoms with van der Waals surface area (Å²) in [5.74, 6) is 0.726. The van der Waals surface area contributed by atoms with Crippen LogP contribution in [0.15, 0.2) is 18.5 Å². The van der Waals surface area contributed by atoms with Crippen molar-refractivity contribution in [2.75, 3.05) is 0 Å². The van der Waals surface area contributed by atoms with Crippen molar-refractivity contribution in [2.45, 2.75) is 26.3 Å². The van der Waals surface area contributed by atoms with Crippen molar-refractivity contribution in [1.29, 1.82) is 0 Å². The monoisotopic (exact) mass is 190 g/mol. The van der Waals surface area contributed by atoms with Crippen molar-refractivity contribution in [2.24, 2.45) is 5.73 Å². The van der Waals surface area contributed by atoms with Crippen molar-refractivity contribution in [3.8, 4) is 0 Å². The Morgan fingerprint density at radius 1 is 1.57 bits per heavy atom. The largest absolute Gasteiger partial charge is 0.323 e. The summed E-state index contributed by atoms with van der Waals surface area (Å²) in [6.45, 7) is 4.04. The summed E-state index contributed by atoms with van der Waals surface area (Å²) < 4.78 is 1.96. The van der Waals surface area contributed by atoms with Gasteiger partial charge in [0, 0.05) is 18.4 Å². The molecule has 2 rings (SSSR count). The average molecular weight is 190 g/mol. The molecule has 1 atom stereocenters. The van der Waals surface area contributed by atoms with Gasteiger partial charge in [0.1, 0.15) is 0 Å². The Labute approximate surface area is 82.8 Å². The van der Waals surface area contributed by atoms with Gasteiger partial charge in [-0.2, -0.15) is 0 Å². The summed E-state index contributed by atoms with van der Waals surface area (Å²) in [5, 5.41) is 0. The third kappa shape index (κ3) is 1.28. The highest BCUT2D eigenvalue weighted by molar-refractivity contribution is 5.36. The van der Waals surface area contributed by atoms with Crippen LogP contribution in [0.25, 0.3) is 5.78 Å². The molecule has 14 heavy (non-hydrogen) atoms. The van der Waals surface area contributed by atoms with Crippen molar-refractivity contribution in [3.63, 3.8) is 0 Å². The van der Waals surface area contributed by atoms with E-state index in [0.29, 0.717) is 0 Å². The van der Waals surface area contributed by atoms with Crippen molar-refractivity contribution < 1.29 is 0 Å². The van der Waals surface area contributed by atoms with E-state index in [2.05, 4.69) is 16.9 Å². The van der Waals surface area contributed by atoms with Gasteiger partial charge in [-0.05, 0) is 19.4 Å². The molecule has 0 aliphatic carbocycles. The van der Waals surface area contributed by atoms with Gasteiger partial charge in [-0.25, -0.2) is 9.97 Å². The topological polar surface area (TPSA) is 56.2 Å². The van der Waals surface area contributed by atoms with Crippen LogP contribution in [0.3, 0.4) is 0 Å². The predicted molar refractivity (Wildman–Crippen MR) is 54.9 cm³/mol. The third-order valence-corrected chi connectivity index (χ3v) is 2.42. The molecule has 2 aromatic rings. The number of aryl methyl sites for hydroxylation is 1. The molecule has 4 nitrogen and oxygen atoms in total. The molecule has 0 spiro atoms. The van der Waals surface area contributed by atoms with Gasteiger partial charge in [0.15, 0.2) is 0 Å². The zero-order chi connectivity index (χ0) is 10.1. The summed E-state index contributed by atoms with van der Waals surface area (Å²) in [4.78, 5) is 8.53. The first kappa shape index (κ1) is 9.15. The molecular weight excluding hydrogens is 176 g/mol. The van der Waals surface area contributed by atoms with Gasteiger partial charge in [0.05, 0.1) is 11.4 Å². The molecule has 0 aliphatic rings. The summed E-state index contributed by atoms with van der Waals surface area (Å²) in [5.41, 5.74) is 8.05. The van der Waals surface area contributed by atoms with Crippen LogP contribution in [-0.2, 0) is 0 Å². The summed E-state index contributed by atoms with van der Waals surface area (Å²) >= 11 is 0. The second kappa shape index (κ2) is 3.38. The zero-order valence-corrected chi connectivity index (χ0v) is 8.44. The van der Waals surface area contributed by atoms with E-state index in [1.807, 2.05) is 23.6 Å². The number of nitrogens with zero attached hydrogens (tertiary/aromatic N) is 3. The molecule has 2 N–H and O–H groups in total. The normalized spacial score (nSPS) is 13.4. The van der Waals surface area contributed by atoms with Gasteiger partial charge in [-0.15, -0.1) is 0 Å². The Bertz CT molecular complexity index is 446. The molecule has 0 aliphatic heterocycles. The lowest BCUT2D eigenvalue weighted by molar-refractivity contribution is 0.663. The van der Waals surface area contributed by atoms with Gasteiger partial charge in [0.25, 0.3) is 0 Å². The van der Waals surface area contributed by atoms with Crippen LogP contribution < -0.4 is 5.73 Å². The van der Waals surface area contributed by atoms with Crippen LogP contribution in [0.4, 0.5) is 0 Å². The van der Waals surface area contributed by atoms with Gasteiger partial charge in [0.2, 0.25) is 5.78 Å².